The predicted molar refractivity (Wildman–Crippen MR) is 141 cm³/mol. The Labute approximate surface area is 207 Å². The molecule has 1 heterocycles. The molecule has 0 fully saturated rings. The lowest BCUT2D eigenvalue weighted by Crippen LogP contribution is -2.24. The van der Waals surface area contributed by atoms with Gasteiger partial charge in [0.1, 0.15) is 5.82 Å². The second-order valence-electron chi connectivity index (χ2n) is 9.05. The molecule has 0 unspecified atom stereocenters. The monoisotopic (exact) mass is 473 g/mol. The van der Waals surface area contributed by atoms with Crippen molar-refractivity contribution >= 4 is 28.5 Å². The number of rotatable bonds is 9. The van der Waals surface area contributed by atoms with Crippen LogP contribution in [0.1, 0.15) is 57.7 Å². The van der Waals surface area contributed by atoms with Crippen molar-refractivity contribution in [2.24, 2.45) is 0 Å². The zero-order valence-corrected chi connectivity index (χ0v) is 21.0. The fourth-order valence-electron chi connectivity index (χ4n) is 4.60. The Balaban J connectivity index is 1.37. The number of nitrogens with zero attached hydrogens (tertiary/aromatic N) is 2. The minimum Gasteiger partial charge on any atom is -0.352 e. The van der Waals surface area contributed by atoms with Crippen LogP contribution in [0.5, 0.6) is 0 Å². The van der Waals surface area contributed by atoms with E-state index < -0.39 is 0 Å². The summed E-state index contributed by atoms with van der Waals surface area (Å²) in [7, 11) is 0. The Kier molecular flexibility index (Phi) is 7.69. The zero-order valence-electron chi connectivity index (χ0n) is 20.2. The van der Waals surface area contributed by atoms with Crippen LogP contribution in [-0.4, -0.2) is 22.0 Å². The molecule has 0 aliphatic heterocycles. The maximum absolute atomic E-state index is 12.2. The van der Waals surface area contributed by atoms with Gasteiger partial charge in [-0.15, -0.1) is 0 Å². The van der Waals surface area contributed by atoms with Gasteiger partial charge in [-0.3, -0.25) is 4.79 Å². The molecule has 0 bridgehead atoms. The highest BCUT2D eigenvalue weighted by Crippen LogP contribution is 2.23. The van der Waals surface area contributed by atoms with Crippen LogP contribution in [0.15, 0.2) is 60.7 Å². The van der Waals surface area contributed by atoms with Crippen molar-refractivity contribution in [2.75, 3.05) is 6.54 Å². The molecule has 5 heteroatoms. The Morgan fingerprint density at radius 2 is 1.65 bits per heavy atom. The van der Waals surface area contributed by atoms with Gasteiger partial charge in [0, 0.05) is 30.1 Å². The lowest BCUT2D eigenvalue weighted by atomic mass is 9.99. The van der Waals surface area contributed by atoms with E-state index in [9.17, 15) is 4.79 Å². The van der Waals surface area contributed by atoms with Crippen LogP contribution in [0.2, 0.25) is 5.02 Å². The van der Waals surface area contributed by atoms with Gasteiger partial charge in [0.05, 0.1) is 11.0 Å². The summed E-state index contributed by atoms with van der Waals surface area (Å²) in [5, 5.41) is 3.63. The Hall–Kier alpha value is -3.11. The van der Waals surface area contributed by atoms with Crippen LogP contribution in [0, 0.1) is 20.8 Å². The number of hydrogen-bond acceptors (Lipinski definition) is 2. The molecule has 0 atom stereocenters. The number of aromatic nitrogens is 2. The molecule has 0 saturated heterocycles. The molecule has 34 heavy (non-hydrogen) atoms. The molecule has 4 nitrogen and oxygen atoms in total. The summed E-state index contributed by atoms with van der Waals surface area (Å²) in [6.45, 7) is 8.06. The average molecular weight is 474 g/mol. The number of para-hydroxylation sites is 2. The van der Waals surface area contributed by atoms with Gasteiger partial charge >= 0.3 is 0 Å². The molecule has 3 aromatic carbocycles. The number of halogens is 1. The summed E-state index contributed by atoms with van der Waals surface area (Å²) in [5.74, 6) is 1.08. The lowest BCUT2D eigenvalue weighted by Gasteiger charge is -2.15. The van der Waals surface area contributed by atoms with Crippen LogP contribution >= 0.6 is 11.6 Å². The maximum Gasteiger partial charge on any atom is 0.251 e. The van der Waals surface area contributed by atoms with E-state index in [2.05, 4.69) is 67.1 Å². The summed E-state index contributed by atoms with van der Waals surface area (Å²) < 4.78 is 2.38. The number of nitrogens with one attached hydrogen (secondary N) is 1. The van der Waals surface area contributed by atoms with E-state index in [0.717, 1.165) is 43.6 Å². The second-order valence-corrected chi connectivity index (χ2v) is 9.49. The molecule has 1 amide bonds. The topological polar surface area (TPSA) is 46.9 Å². The number of carbonyl (C=O) groups excluding carboxylic acids is 1. The number of benzene rings is 3. The third-order valence-corrected chi connectivity index (χ3v) is 6.61. The van der Waals surface area contributed by atoms with E-state index >= 15 is 0 Å². The summed E-state index contributed by atoms with van der Waals surface area (Å²) in [4.78, 5) is 17.2. The van der Waals surface area contributed by atoms with Gasteiger partial charge < -0.3 is 9.88 Å². The van der Waals surface area contributed by atoms with Crippen molar-refractivity contribution < 1.29 is 4.79 Å². The lowest BCUT2D eigenvalue weighted by molar-refractivity contribution is 0.0953. The molecule has 4 aromatic rings. The third-order valence-electron chi connectivity index (χ3n) is 6.36. The molecular formula is C29H32ClN3O. The summed E-state index contributed by atoms with van der Waals surface area (Å²) in [6.07, 6.45) is 3.93. The number of amides is 1. The number of carbonyl (C=O) groups is 1. The minimum absolute atomic E-state index is 0.0534. The van der Waals surface area contributed by atoms with Crippen LogP contribution in [-0.2, 0) is 13.0 Å². The van der Waals surface area contributed by atoms with Crippen LogP contribution in [0.4, 0.5) is 0 Å². The molecule has 0 radical (unpaired) electrons. The number of imidazole rings is 1. The maximum atomic E-state index is 12.2. The fourth-order valence-corrected chi connectivity index (χ4v) is 4.73. The highest BCUT2D eigenvalue weighted by Gasteiger charge is 2.13. The van der Waals surface area contributed by atoms with Gasteiger partial charge in [0.15, 0.2) is 0 Å². The van der Waals surface area contributed by atoms with Crippen molar-refractivity contribution in [1.82, 2.24) is 14.9 Å². The average Bonchev–Trinajstić information content (AvgIpc) is 3.16. The minimum atomic E-state index is -0.0534. The van der Waals surface area contributed by atoms with Crippen molar-refractivity contribution in [3.05, 3.63) is 99.3 Å². The number of aryl methyl sites for hydroxylation is 4. The van der Waals surface area contributed by atoms with Gasteiger partial charge in [-0.2, -0.15) is 0 Å². The first-order chi connectivity index (χ1) is 16.4. The normalized spacial score (nSPS) is 11.2. The number of hydrogen-bond donors (Lipinski definition) is 1. The second kappa shape index (κ2) is 10.9. The van der Waals surface area contributed by atoms with E-state index in [1.807, 2.05) is 0 Å². The highest BCUT2D eigenvalue weighted by molar-refractivity contribution is 6.30. The molecule has 4 rings (SSSR count). The van der Waals surface area contributed by atoms with Crippen molar-refractivity contribution in [1.29, 1.82) is 0 Å². The van der Waals surface area contributed by atoms with E-state index in [4.69, 9.17) is 16.6 Å². The summed E-state index contributed by atoms with van der Waals surface area (Å²) in [5.41, 5.74) is 8.22. The summed E-state index contributed by atoms with van der Waals surface area (Å²) in [6, 6.07) is 19.9. The third kappa shape index (κ3) is 5.68. The molecule has 0 aliphatic carbocycles. The predicted octanol–water partition coefficient (Wildman–Crippen LogP) is 6.81. The van der Waals surface area contributed by atoms with Gasteiger partial charge in [-0.25, -0.2) is 4.98 Å². The van der Waals surface area contributed by atoms with Gasteiger partial charge in [-0.1, -0.05) is 47.9 Å². The fraction of sp³-hybridized carbons (Fsp3) is 0.310. The molecule has 176 valence electrons. The first-order valence-corrected chi connectivity index (χ1v) is 12.3. The smallest absolute Gasteiger partial charge is 0.251 e. The first-order valence-electron chi connectivity index (χ1n) is 12.0. The molecule has 1 N–H and O–H groups in total. The number of fused-ring (bicyclic) bond motifs is 1. The highest BCUT2D eigenvalue weighted by atomic mass is 35.5. The standard InChI is InChI=1S/C29H32ClN3O/c1-20-17-21(2)25(22(3)18-20)19-33-27-10-7-6-9-26(27)32-28(33)11-5-4-8-16-31-29(34)23-12-14-24(30)15-13-23/h6-7,9-10,12-15,17-18H,4-5,8,11,16,19H2,1-3H3,(H,31,34). The quantitative estimate of drug-likeness (QED) is 0.271. The first kappa shape index (κ1) is 24.0. The Bertz CT molecular complexity index is 1270. The van der Waals surface area contributed by atoms with Crippen LogP contribution in [0.25, 0.3) is 11.0 Å². The molecule has 0 saturated carbocycles. The molecule has 1 aromatic heterocycles. The molecule has 0 spiro atoms. The van der Waals surface area contributed by atoms with Gasteiger partial charge in [0.25, 0.3) is 5.91 Å². The molecular weight excluding hydrogens is 442 g/mol. The Morgan fingerprint density at radius 3 is 2.38 bits per heavy atom. The Morgan fingerprint density at radius 1 is 0.941 bits per heavy atom. The van der Waals surface area contributed by atoms with Crippen molar-refractivity contribution in [2.45, 2.75) is 53.0 Å². The SMILES string of the molecule is Cc1cc(C)c(Cn2c(CCCCCNC(=O)c3ccc(Cl)cc3)nc3ccccc32)c(C)c1. The van der Waals surface area contributed by atoms with Crippen molar-refractivity contribution in [3.63, 3.8) is 0 Å². The van der Waals surface area contributed by atoms with Crippen molar-refractivity contribution in [3.8, 4) is 0 Å². The van der Waals surface area contributed by atoms with Crippen LogP contribution in [0.3, 0.4) is 0 Å². The van der Waals surface area contributed by atoms with E-state index in [1.54, 1.807) is 24.3 Å². The zero-order chi connectivity index (χ0) is 24.1. The van der Waals surface area contributed by atoms with E-state index in [1.165, 1.54) is 27.8 Å². The van der Waals surface area contributed by atoms with Crippen LogP contribution < -0.4 is 5.32 Å². The largest absolute Gasteiger partial charge is 0.352 e. The number of unbranched alkanes of at least 4 members (excludes halogenated alkanes) is 2. The van der Waals surface area contributed by atoms with E-state index in [0.29, 0.717) is 17.1 Å². The molecule has 0 aliphatic rings. The van der Waals surface area contributed by atoms with Gasteiger partial charge in [-0.05, 0) is 86.7 Å². The summed E-state index contributed by atoms with van der Waals surface area (Å²) >= 11 is 5.89. The van der Waals surface area contributed by atoms with E-state index in [-0.39, 0.29) is 5.91 Å². The van der Waals surface area contributed by atoms with Gasteiger partial charge in [0.2, 0.25) is 0 Å².